The Labute approximate surface area is 136 Å². The van der Waals surface area contributed by atoms with Crippen molar-refractivity contribution in [2.75, 3.05) is 13.2 Å². The second-order valence-electron chi connectivity index (χ2n) is 5.29. The summed E-state index contributed by atoms with van der Waals surface area (Å²) in [6.07, 6.45) is 0. The van der Waals surface area contributed by atoms with Crippen molar-refractivity contribution in [2.24, 2.45) is 0 Å². The second-order valence-corrected chi connectivity index (χ2v) is 5.67. The van der Waals surface area contributed by atoms with E-state index in [-0.39, 0.29) is 5.91 Å². The topological polar surface area (TPSA) is 38.3 Å². The zero-order chi connectivity index (χ0) is 16.1. The zero-order valence-electron chi connectivity index (χ0n) is 13.1. The summed E-state index contributed by atoms with van der Waals surface area (Å²) in [4.78, 5) is 12.0. The molecule has 0 saturated heterocycles. The number of benzene rings is 2. The molecule has 2 rings (SSSR count). The van der Waals surface area contributed by atoms with Gasteiger partial charge in [-0.1, -0.05) is 29.8 Å². The van der Waals surface area contributed by atoms with Crippen LogP contribution in [0.25, 0.3) is 0 Å². The molecule has 1 amide bonds. The first kappa shape index (κ1) is 16.4. The first-order valence-electron chi connectivity index (χ1n) is 7.22. The van der Waals surface area contributed by atoms with Crippen LogP contribution < -0.4 is 10.1 Å². The van der Waals surface area contributed by atoms with Crippen LogP contribution >= 0.6 is 11.6 Å². The van der Waals surface area contributed by atoms with Gasteiger partial charge in [0, 0.05) is 10.6 Å². The number of ether oxygens (including phenoxy) is 1. The van der Waals surface area contributed by atoms with E-state index < -0.39 is 0 Å². The van der Waals surface area contributed by atoms with Gasteiger partial charge in [-0.15, -0.1) is 0 Å². The highest BCUT2D eigenvalue weighted by molar-refractivity contribution is 6.32. The van der Waals surface area contributed by atoms with Gasteiger partial charge in [-0.25, -0.2) is 0 Å². The normalized spacial score (nSPS) is 10.4. The summed E-state index contributed by atoms with van der Waals surface area (Å²) in [6.45, 7) is 6.68. The minimum Gasteiger partial charge on any atom is -0.492 e. The van der Waals surface area contributed by atoms with Gasteiger partial charge in [0.2, 0.25) is 0 Å². The number of nitrogens with one attached hydrogen (secondary N) is 1. The summed E-state index contributed by atoms with van der Waals surface area (Å²) < 4.78 is 5.67. The third kappa shape index (κ3) is 4.01. The average molecular weight is 318 g/mol. The Morgan fingerprint density at radius 1 is 1.09 bits per heavy atom. The standard InChI is InChI=1S/C18H20ClNO2/c1-12-6-4-5-7-16(12)18(21)20-8-9-22-15-10-13(2)17(19)14(3)11-15/h4-7,10-11H,8-9H2,1-3H3,(H,20,21). The molecule has 0 aliphatic rings. The number of halogens is 1. The predicted octanol–water partition coefficient (Wildman–Crippen LogP) is 4.07. The second kappa shape index (κ2) is 7.32. The monoisotopic (exact) mass is 317 g/mol. The predicted molar refractivity (Wildman–Crippen MR) is 89.9 cm³/mol. The highest BCUT2D eigenvalue weighted by Gasteiger charge is 2.07. The van der Waals surface area contributed by atoms with Crippen LogP contribution in [-0.2, 0) is 0 Å². The van der Waals surface area contributed by atoms with E-state index in [0.29, 0.717) is 18.7 Å². The lowest BCUT2D eigenvalue weighted by molar-refractivity contribution is 0.0946. The van der Waals surface area contributed by atoms with Gasteiger partial charge in [0.25, 0.3) is 5.91 Å². The molecule has 4 heteroatoms. The van der Waals surface area contributed by atoms with Crippen LogP contribution in [0.2, 0.25) is 5.02 Å². The molecule has 0 bridgehead atoms. The van der Waals surface area contributed by atoms with Crippen LogP contribution in [-0.4, -0.2) is 19.1 Å². The Hall–Kier alpha value is -2.00. The summed E-state index contributed by atoms with van der Waals surface area (Å²) in [5.41, 5.74) is 3.63. The molecule has 0 unspecified atom stereocenters. The molecule has 1 N–H and O–H groups in total. The van der Waals surface area contributed by atoms with Crippen molar-refractivity contribution >= 4 is 17.5 Å². The highest BCUT2D eigenvalue weighted by Crippen LogP contribution is 2.25. The minimum atomic E-state index is -0.0785. The van der Waals surface area contributed by atoms with Crippen molar-refractivity contribution in [1.82, 2.24) is 5.32 Å². The Balaban J connectivity index is 1.85. The van der Waals surface area contributed by atoms with E-state index >= 15 is 0 Å². The first-order valence-corrected chi connectivity index (χ1v) is 7.60. The number of carbonyl (C=O) groups is 1. The summed E-state index contributed by atoms with van der Waals surface area (Å²) in [5.74, 6) is 0.690. The molecule has 2 aromatic rings. The highest BCUT2D eigenvalue weighted by atomic mass is 35.5. The van der Waals surface area contributed by atoms with Gasteiger partial charge in [0.05, 0.1) is 6.54 Å². The fourth-order valence-corrected chi connectivity index (χ4v) is 2.35. The average Bonchev–Trinajstić information content (AvgIpc) is 2.49. The van der Waals surface area contributed by atoms with Crippen LogP contribution in [0.5, 0.6) is 5.75 Å². The number of hydrogen-bond acceptors (Lipinski definition) is 2. The van der Waals surface area contributed by atoms with Gasteiger partial charge in [0.15, 0.2) is 0 Å². The summed E-state index contributed by atoms with van der Waals surface area (Å²) in [6, 6.07) is 11.3. The third-order valence-electron chi connectivity index (χ3n) is 3.46. The lowest BCUT2D eigenvalue weighted by Crippen LogP contribution is -2.28. The number of rotatable bonds is 5. The van der Waals surface area contributed by atoms with Gasteiger partial charge in [-0.2, -0.15) is 0 Å². The first-order chi connectivity index (χ1) is 10.5. The molecule has 0 aliphatic heterocycles. The minimum absolute atomic E-state index is 0.0785. The quantitative estimate of drug-likeness (QED) is 0.844. The third-order valence-corrected chi connectivity index (χ3v) is 4.05. The van der Waals surface area contributed by atoms with E-state index in [0.717, 1.165) is 27.5 Å². The zero-order valence-corrected chi connectivity index (χ0v) is 13.8. The molecule has 116 valence electrons. The number of amides is 1. The smallest absolute Gasteiger partial charge is 0.251 e. The molecule has 0 fully saturated rings. The molecular weight excluding hydrogens is 298 g/mol. The molecule has 0 spiro atoms. The van der Waals surface area contributed by atoms with Gasteiger partial charge in [-0.3, -0.25) is 4.79 Å². The van der Waals surface area contributed by atoms with Gasteiger partial charge in [-0.05, 0) is 55.7 Å². The summed E-state index contributed by atoms with van der Waals surface area (Å²) in [7, 11) is 0. The Morgan fingerprint density at radius 2 is 1.73 bits per heavy atom. The van der Waals surface area contributed by atoms with E-state index in [1.54, 1.807) is 0 Å². The molecule has 22 heavy (non-hydrogen) atoms. The van der Waals surface area contributed by atoms with Crippen LogP contribution in [0.15, 0.2) is 36.4 Å². The molecule has 0 heterocycles. The van der Waals surface area contributed by atoms with E-state index in [4.69, 9.17) is 16.3 Å². The number of hydrogen-bond donors (Lipinski definition) is 1. The van der Waals surface area contributed by atoms with Gasteiger partial charge < -0.3 is 10.1 Å². The maximum Gasteiger partial charge on any atom is 0.251 e. The largest absolute Gasteiger partial charge is 0.492 e. The fraction of sp³-hybridized carbons (Fsp3) is 0.278. The Kier molecular flexibility index (Phi) is 5.45. The Morgan fingerprint density at radius 3 is 2.36 bits per heavy atom. The molecule has 0 saturated carbocycles. The fourth-order valence-electron chi connectivity index (χ4n) is 2.25. The van der Waals surface area contributed by atoms with Crippen LogP contribution in [0.4, 0.5) is 0 Å². The maximum atomic E-state index is 12.0. The molecule has 2 aromatic carbocycles. The van der Waals surface area contributed by atoms with Gasteiger partial charge in [0.1, 0.15) is 12.4 Å². The van der Waals surface area contributed by atoms with Crippen molar-refractivity contribution in [2.45, 2.75) is 20.8 Å². The van der Waals surface area contributed by atoms with Crippen molar-refractivity contribution in [1.29, 1.82) is 0 Å². The van der Waals surface area contributed by atoms with Crippen molar-refractivity contribution < 1.29 is 9.53 Å². The molecule has 0 atom stereocenters. The number of aryl methyl sites for hydroxylation is 3. The molecule has 0 aliphatic carbocycles. The van der Waals surface area contributed by atoms with E-state index in [9.17, 15) is 4.79 Å². The van der Waals surface area contributed by atoms with Crippen molar-refractivity contribution in [3.63, 3.8) is 0 Å². The van der Waals surface area contributed by atoms with Crippen molar-refractivity contribution in [3.8, 4) is 5.75 Å². The van der Waals surface area contributed by atoms with Crippen molar-refractivity contribution in [3.05, 3.63) is 63.7 Å². The van der Waals surface area contributed by atoms with Crippen LogP contribution in [0, 0.1) is 20.8 Å². The van der Waals surface area contributed by atoms with E-state index in [1.165, 1.54) is 0 Å². The maximum absolute atomic E-state index is 12.0. The number of carbonyl (C=O) groups excluding carboxylic acids is 1. The molecular formula is C18H20ClNO2. The molecule has 3 nitrogen and oxygen atoms in total. The van der Waals surface area contributed by atoms with Crippen LogP contribution in [0.1, 0.15) is 27.0 Å². The summed E-state index contributed by atoms with van der Waals surface area (Å²) in [5, 5.41) is 3.62. The van der Waals surface area contributed by atoms with E-state index in [1.807, 2.05) is 57.2 Å². The lowest BCUT2D eigenvalue weighted by Gasteiger charge is -2.11. The molecule has 0 aromatic heterocycles. The summed E-state index contributed by atoms with van der Waals surface area (Å²) >= 11 is 6.12. The lowest BCUT2D eigenvalue weighted by atomic mass is 10.1. The Bertz CT molecular complexity index is 660. The van der Waals surface area contributed by atoms with Gasteiger partial charge >= 0.3 is 0 Å². The van der Waals surface area contributed by atoms with Crippen LogP contribution in [0.3, 0.4) is 0 Å². The SMILES string of the molecule is Cc1ccccc1C(=O)NCCOc1cc(C)c(Cl)c(C)c1. The van der Waals surface area contributed by atoms with E-state index in [2.05, 4.69) is 5.32 Å². The molecule has 0 radical (unpaired) electrons.